The van der Waals surface area contributed by atoms with Gasteiger partial charge in [-0.15, -0.1) is 0 Å². The minimum absolute atomic E-state index is 0.319. The average molecular weight is 232 g/mol. The molecule has 0 saturated heterocycles. The third kappa shape index (κ3) is 2.53. The van der Waals surface area contributed by atoms with Gasteiger partial charge in [0.05, 0.1) is 5.70 Å². The molecule has 0 fully saturated rings. The van der Waals surface area contributed by atoms with E-state index in [1.54, 1.807) is 12.3 Å². The molecular weight excluding hydrogens is 219 g/mol. The molecule has 17 heavy (non-hydrogen) atoms. The zero-order valence-electron chi connectivity index (χ0n) is 9.53. The number of rotatable bonds is 2. The van der Waals surface area contributed by atoms with Crippen molar-refractivity contribution in [3.63, 3.8) is 0 Å². The fourth-order valence-corrected chi connectivity index (χ4v) is 1.54. The molecule has 1 aliphatic heterocycles. The van der Waals surface area contributed by atoms with E-state index in [0.29, 0.717) is 23.9 Å². The van der Waals surface area contributed by atoms with Gasteiger partial charge in [0.1, 0.15) is 24.0 Å². The first-order valence-electron chi connectivity index (χ1n) is 5.25. The van der Waals surface area contributed by atoms with E-state index < -0.39 is 0 Å². The second-order valence-corrected chi connectivity index (χ2v) is 3.64. The maximum Gasteiger partial charge on any atom is 0.145 e. The summed E-state index contributed by atoms with van der Waals surface area (Å²) in [6.45, 7) is 5.40. The van der Waals surface area contributed by atoms with Crippen molar-refractivity contribution in [1.29, 1.82) is 0 Å². The monoisotopic (exact) mass is 232 g/mol. The van der Waals surface area contributed by atoms with Crippen LogP contribution in [0.5, 0.6) is 0 Å². The molecule has 0 aromatic carbocycles. The molecule has 3 nitrogen and oxygen atoms in total. The Morgan fingerprint density at radius 2 is 2.47 bits per heavy atom. The van der Waals surface area contributed by atoms with E-state index in [1.165, 1.54) is 13.0 Å². The van der Waals surface area contributed by atoms with Gasteiger partial charge in [0.15, 0.2) is 0 Å². The van der Waals surface area contributed by atoms with Crippen LogP contribution >= 0.6 is 0 Å². The number of pyridine rings is 1. The molecule has 0 amide bonds. The number of halogens is 1. The number of aromatic nitrogens is 1. The van der Waals surface area contributed by atoms with Gasteiger partial charge in [-0.1, -0.05) is 12.6 Å². The summed E-state index contributed by atoms with van der Waals surface area (Å²) >= 11 is 0. The van der Waals surface area contributed by atoms with Crippen molar-refractivity contribution in [2.75, 3.05) is 5.32 Å². The maximum absolute atomic E-state index is 12.9. The van der Waals surface area contributed by atoms with Crippen molar-refractivity contribution in [2.45, 2.75) is 13.5 Å². The van der Waals surface area contributed by atoms with Crippen molar-refractivity contribution in [3.8, 4) is 0 Å². The Morgan fingerprint density at radius 3 is 3.18 bits per heavy atom. The van der Waals surface area contributed by atoms with E-state index in [1.807, 2.05) is 12.1 Å². The fourth-order valence-electron chi connectivity index (χ4n) is 1.54. The highest BCUT2D eigenvalue weighted by Gasteiger charge is 2.14. The number of hydrogen-bond acceptors (Lipinski definition) is 3. The van der Waals surface area contributed by atoms with Crippen LogP contribution in [0.25, 0.3) is 0 Å². The SMILES string of the molecule is C=CC1=C(/C=C(\C)F)OCc2cccnc2N1. The van der Waals surface area contributed by atoms with Gasteiger partial charge in [-0.2, -0.15) is 0 Å². The summed E-state index contributed by atoms with van der Waals surface area (Å²) in [5.74, 6) is 0.820. The lowest BCUT2D eigenvalue weighted by Crippen LogP contribution is -2.01. The Balaban J connectivity index is 2.40. The summed E-state index contributed by atoms with van der Waals surface area (Å²) in [5.41, 5.74) is 1.53. The highest BCUT2D eigenvalue weighted by molar-refractivity contribution is 5.53. The second kappa shape index (κ2) is 4.82. The number of allylic oxidation sites excluding steroid dienone is 3. The molecule has 0 saturated carbocycles. The lowest BCUT2D eigenvalue weighted by molar-refractivity contribution is 0.210. The summed E-state index contributed by atoms with van der Waals surface area (Å²) in [6.07, 6.45) is 4.60. The summed E-state index contributed by atoms with van der Waals surface area (Å²) in [4.78, 5) is 4.20. The summed E-state index contributed by atoms with van der Waals surface area (Å²) in [5, 5.41) is 3.08. The molecular formula is C13H13FN2O. The number of fused-ring (bicyclic) bond motifs is 1. The highest BCUT2D eigenvalue weighted by Crippen LogP contribution is 2.24. The molecule has 1 aromatic rings. The van der Waals surface area contributed by atoms with Crippen molar-refractivity contribution >= 4 is 5.82 Å². The van der Waals surface area contributed by atoms with Crippen LogP contribution in [-0.2, 0) is 11.3 Å². The Labute approximate surface area is 99.3 Å². The quantitative estimate of drug-likeness (QED) is 0.849. The van der Waals surface area contributed by atoms with E-state index in [4.69, 9.17) is 4.74 Å². The normalized spacial score (nSPS) is 15.5. The summed E-state index contributed by atoms with van der Waals surface area (Å²) in [7, 11) is 0. The number of nitrogens with one attached hydrogen (secondary N) is 1. The van der Waals surface area contributed by atoms with Gasteiger partial charge in [0, 0.05) is 17.8 Å². The average Bonchev–Trinajstić information content (AvgIpc) is 2.48. The molecule has 1 aromatic heterocycles. The van der Waals surface area contributed by atoms with Gasteiger partial charge in [-0.3, -0.25) is 0 Å². The van der Waals surface area contributed by atoms with E-state index >= 15 is 0 Å². The third-order valence-corrected chi connectivity index (χ3v) is 2.33. The van der Waals surface area contributed by atoms with Gasteiger partial charge in [0.2, 0.25) is 0 Å². The number of hydrogen-bond donors (Lipinski definition) is 1. The fraction of sp³-hybridized carbons (Fsp3) is 0.154. The first-order chi connectivity index (χ1) is 8.20. The van der Waals surface area contributed by atoms with E-state index in [0.717, 1.165) is 5.56 Å². The van der Waals surface area contributed by atoms with Gasteiger partial charge < -0.3 is 10.1 Å². The lowest BCUT2D eigenvalue weighted by Gasteiger charge is -2.06. The number of anilines is 1. The molecule has 88 valence electrons. The minimum atomic E-state index is -0.319. The zero-order valence-corrected chi connectivity index (χ0v) is 9.53. The van der Waals surface area contributed by atoms with Crippen LogP contribution in [0.1, 0.15) is 12.5 Å². The van der Waals surface area contributed by atoms with Gasteiger partial charge in [-0.25, -0.2) is 9.37 Å². The van der Waals surface area contributed by atoms with Crippen molar-refractivity contribution in [1.82, 2.24) is 4.98 Å². The van der Waals surface area contributed by atoms with Crippen LogP contribution < -0.4 is 5.32 Å². The predicted molar refractivity (Wildman–Crippen MR) is 64.7 cm³/mol. The predicted octanol–water partition coefficient (Wildman–Crippen LogP) is 3.29. The Kier molecular flexibility index (Phi) is 3.23. The van der Waals surface area contributed by atoms with Crippen LogP contribution in [0.2, 0.25) is 0 Å². The standard InChI is InChI=1S/C13H13FN2O/c1-3-11-12(7-9(2)14)17-8-10-5-4-6-15-13(10)16-11/h3-7H,1,8H2,2H3,(H,15,16)/b9-7+. The molecule has 2 rings (SSSR count). The molecule has 4 heteroatoms. The lowest BCUT2D eigenvalue weighted by atomic mass is 10.2. The Bertz CT molecular complexity index is 502. The molecule has 0 unspecified atom stereocenters. The van der Waals surface area contributed by atoms with E-state index in [2.05, 4.69) is 16.9 Å². The first kappa shape index (κ1) is 11.4. The van der Waals surface area contributed by atoms with Crippen LogP contribution in [-0.4, -0.2) is 4.98 Å². The molecule has 1 aliphatic rings. The van der Waals surface area contributed by atoms with Crippen LogP contribution in [0, 0.1) is 0 Å². The highest BCUT2D eigenvalue weighted by atomic mass is 19.1. The van der Waals surface area contributed by atoms with Crippen molar-refractivity contribution < 1.29 is 9.13 Å². The van der Waals surface area contributed by atoms with E-state index in [9.17, 15) is 4.39 Å². The van der Waals surface area contributed by atoms with Gasteiger partial charge in [0.25, 0.3) is 0 Å². The zero-order chi connectivity index (χ0) is 12.3. The maximum atomic E-state index is 12.9. The van der Waals surface area contributed by atoms with Crippen LogP contribution in [0.15, 0.2) is 54.3 Å². The topological polar surface area (TPSA) is 34.1 Å². The molecule has 0 radical (unpaired) electrons. The van der Waals surface area contributed by atoms with Crippen LogP contribution in [0.4, 0.5) is 10.2 Å². The van der Waals surface area contributed by atoms with Crippen LogP contribution in [0.3, 0.4) is 0 Å². The Morgan fingerprint density at radius 1 is 1.65 bits per heavy atom. The third-order valence-electron chi connectivity index (χ3n) is 2.33. The largest absolute Gasteiger partial charge is 0.486 e. The van der Waals surface area contributed by atoms with E-state index in [-0.39, 0.29) is 5.83 Å². The van der Waals surface area contributed by atoms with Crippen molar-refractivity contribution in [2.24, 2.45) is 0 Å². The molecule has 1 N–H and O–H groups in total. The molecule has 0 spiro atoms. The smallest absolute Gasteiger partial charge is 0.145 e. The summed E-state index contributed by atoms with van der Waals surface area (Å²) in [6, 6.07) is 3.74. The molecule has 0 aliphatic carbocycles. The minimum Gasteiger partial charge on any atom is -0.486 e. The summed E-state index contributed by atoms with van der Waals surface area (Å²) < 4.78 is 18.5. The number of ether oxygens (including phenoxy) is 1. The second-order valence-electron chi connectivity index (χ2n) is 3.64. The molecule has 2 heterocycles. The molecule has 0 atom stereocenters. The molecule has 0 bridgehead atoms. The van der Waals surface area contributed by atoms with Crippen molar-refractivity contribution in [3.05, 3.63) is 59.9 Å². The van der Waals surface area contributed by atoms with Gasteiger partial charge in [-0.05, 0) is 19.1 Å². The first-order valence-corrected chi connectivity index (χ1v) is 5.25. The van der Waals surface area contributed by atoms with Gasteiger partial charge >= 0.3 is 0 Å². The Hall–Kier alpha value is -2.10. The number of nitrogens with zero attached hydrogens (tertiary/aromatic N) is 1.